The summed E-state index contributed by atoms with van der Waals surface area (Å²) in [5.41, 5.74) is 6.75. The molecular weight excluding hydrogens is 388 g/mol. The number of amides is 1. The minimum Gasteiger partial charge on any atom is -0.474 e. The van der Waals surface area contributed by atoms with Gasteiger partial charge in [-0.15, -0.1) is 11.3 Å². The number of rotatable bonds is 7. The molecule has 1 amide bonds. The van der Waals surface area contributed by atoms with E-state index < -0.39 is 12.0 Å². The molecule has 4 rings (SSSR count). The molecule has 29 heavy (non-hydrogen) atoms. The Kier molecular flexibility index (Phi) is 6.03. The van der Waals surface area contributed by atoms with Crippen LogP contribution in [0.5, 0.6) is 5.88 Å². The molecule has 0 unspecified atom stereocenters. The average molecular weight is 419 g/mol. The van der Waals surface area contributed by atoms with Crippen LogP contribution < -0.4 is 10.5 Å². The van der Waals surface area contributed by atoms with Crippen LogP contribution in [0.15, 0.2) is 6.33 Å². The van der Waals surface area contributed by atoms with Gasteiger partial charge in [0.2, 0.25) is 11.8 Å². The average Bonchev–Trinajstić information content (AvgIpc) is 3.26. The van der Waals surface area contributed by atoms with Crippen LogP contribution in [-0.2, 0) is 16.0 Å². The van der Waals surface area contributed by atoms with E-state index in [4.69, 9.17) is 15.2 Å². The van der Waals surface area contributed by atoms with E-state index in [1.54, 1.807) is 24.8 Å². The second kappa shape index (κ2) is 8.53. The second-order valence-electron chi connectivity index (χ2n) is 8.41. The summed E-state index contributed by atoms with van der Waals surface area (Å²) < 4.78 is 11.7. The van der Waals surface area contributed by atoms with Gasteiger partial charge in [-0.3, -0.25) is 4.79 Å². The van der Waals surface area contributed by atoms with Gasteiger partial charge in [-0.05, 0) is 70.5 Å². The number of carbonyl (C=O) groups is 1. The maximum Gasteiger partial charge on any atom is 0.246 e. The first-order valence-electron chi connectivity index (χ1n) is 10.4. The van der Waals surface area contributed by atoms with E-state index in [9.17, 15) is 4.79 Å². The maximum atomic E-state index is 11.7. The minimum absolute atomic E-state index is 0.192. The van der Waals surface area contributed by atoms with Crippen molar-refractivity contribution in [1.29, 1.82) is 0 Å². The minimum atomic E-state index is -0.573. The van der Waals surface area contributed by atoms with Gasteiger partial charge in [0.25, 0.3) is 0 Å². The van der Waals surface area contributed by atoms with Crippen molar-refractivity contribution in [1.82, 2.24) is 14.9 Å². The first kappa shape index (κ1) is 20.5. The number of methoxy groups -OCH3 is 1. The zero-order valence-electron chi connectivity index (χ0n) is 17.4. The fraction of sp³-hybridized carbons (Fsp3) is 0.667. The molecule has 0 radical (unpaired) electrons. The molecule has 0 saturated heterocycles. The van der Waals surface area contributed by atoms with Crippen molar-refractivity contribution in [3.63, 3.8) is 0 Å². The number of hydrogen-bond donors (Lipinski definition) is 1. The summed E-state index contributed by atoms with van der Waals surface area (Å²) >= 11 is 1.72. The smallest absolute Gasteiger partial charge is 0.246 e. The van der Waals surface area contributed by atoms with Gasteiger partial charge in [-0.2, -0.15) is 0 Å². The van der Waals surface area contributed by atoms with Crippen LogP contribution in [0.2, 0.25) is 0 Å². The Bertz CT molecular complexity index is 876. The van der Waals surface area contributed by atoms with Gasteiger partial charge in [0.15, 0.2) is 0 Å². The number of hydrogen-bond acceptors (Lipinski definition) is 7. The molecule has 7 nitrogen and oxygen atoms in total. The molecule has 158 valence electrons. The lowest BCUT2D eigenvalue weighted by Gasteiger charge is -2.32. The Labute approximate surface area is 175 Å². The van der Waals surface area contributed by atoms with Crippen molar-refractivity contribution < 1.29 is 14.3 Å². The van der Waals surface area contributed by atoms with E-state index in [2.05, 4.69) is 29.0 Å². The Morgan fingerprint density at radius 2 is 2.03 bits per heavy atom. The summed E-state index contributed by atoms with van der Waals surface area (Å²) in [7, 11) is 5.83. The number of carbonyl (C=O) groups excluding carboxylic acids is 1. The third kappa shape index (κ3) is 4.11. The summed E-state index contributed by atoms with van der Waals surface area (Å²) in [5, 5.41) is 1.03. The van der Waals surface area contributed by atoms with Crippen LogP contribution in [0.4, 0.5) is 0 Å². The van der Waals surface area contributed by atoms with Gasteiger partial charge in [-0.25, -0.2) is 9.97 Å². The fourth-order valence-electron chi connectivity index (χ4n) is 4.79. The highest BCUT2D eigenvalue weighted by Crippen LogP contribution is 2.48. The molecule has 0 aliphatic heterocycles. The molecule has 2 atom stereocenters. The van der Waals surface area contributed by atoms with E-state index in [0.717, 1.165) is 48.7 Å². The highest BCUT2D eigenvalue weighted by Gasteiger charge is 2.34. The third-order valence-electron chi connectivity index (χ3n) is 6.45. The first-order valence-corrected chi connectivity index (χ1v) is 11.2. The van der Waals surface area contributed by atoms with Crippen molar-refractivity contribution in [2.75, 3.05) is 21.2 Å². The van der Waals surface area contributed by atoms with Crippen molar-refractivity contribution in [2.24, 2.45) is 5.73 Å². The lowest BCUT2D eigenvalue weighted by molar-refractivity contribution is -0.128. The summed E-state index contributed by atoms with van der Waals surface area (Å²) in [6.07, 6.45) is 8.16. The van der Waals surface area contributed by atoms with Crippen LogP contribution in [0.1, 0.15) is 54.9 Å². The topological polar surface area (TPSA) is 90.6 Å². The monoisotopic (exact) mass is 418 g/mol. The summed E-state index contributed by atoms with van der Waals surface area (Å²) in [5.74, 6) is 0.501. The van der Waals surface area contributed by atoms with E-state index in [0.29, 0.717) is 18.3 Å². The molecule has 0 spiro atoms. The van der Waals surface area contributed by atoms with Crippen LogP contribution in [0, 0.1) is 0 Å². The van der Waals surface area contributed by atoms with Crippen LogP contribution in [0.25, 0.3) is 10.2 Å². The Morgan fingerprint density at radius 3 is 2.69 bits per heavy atom. The highest BCUT2D eigenvalue weighted by molar-refractivity contribution is 7.19. The molecular formula is C21H30N4O3S. The summed E-state index contributed by atoms with van der Waals surface area (Å²) in [6.45, 7) is 0. The molecule has 2 aromatic rings. The van der Waals surface area contributed by atoms with Crippen molar-refractivity contribution in [3.8, 4) is 5.88 Å². The zero-order chi connectivity index (χ0) is 20.5. The molecule has 2 N–H and O–H groups in total. The number of aromatic nitrogens is 2. The summed E-state index contributed by atoms with van der Waals surface area (Å²) in [6, 6.07) is 0.634. The molecule has 1 fully saturated rings. The van der Waals surface area contributed by atoms with Crippen LogP contribution >= 0.6 is 11.3 Å². The second-order valence-corrected chi connectivity index (χ2v) is 9.49. The predicted molar refractivity (Wildman–Crippen MR) is 113 cm³/mol. The zero-order valence-corrected chi connectivity index (χ0v) is 18.2. The van der Waals surface area contributed by atoms with Gasteiger partial charge in [-0.1, -0.05) is 0 Å². The van der Waals surface area contributed by atoms with Gasteiger partial charge >= 0.3 is 0 Å². The molecule has 0 bridgehead atoms. The third-order valence-corrected chi connectivity index (χ3v) is 7.62. The number of aryl methyl sites for hydroxylation is 1. The lowest BCUT2D eigenvalue weighted by Crippen LogP contribution is -2.35. The Balaban J connectivity index is 1.58. The normalized spacial score (nSPS) is 25.3. The van der Waals surface area contributed by atoms with E-state index in [1.807, 2.05) is 0 Å². The van der Waals surface area contributed by atoms with Crippen molar-refractivity contribution in [3.05, 3.63) is 16.8 Å². The van der Waals surface area contributed by atoms with E-state index in [1.165, 1.54) is 10.4 Å². The highest BCUT2D eigenvalue weighted by atomic mass is 32.1. The molecule has 8 heteroatoms. The standard InChI is InChI=1S/C21H30N4O3S/c1-25(2)13-5-7-14(8-6-13)28-20-18-17-12(10-15(27-3)19(22)26)4-9-16(17)29-21(18)24-11-23-20/h11-15H,4-10H2,1-3H3,(H2,22,26)/t12-,13?,14?,15+/m1/s1. The fourth-order valence-corrected chi connectivity index (χ4v) is 6.02. The Hall–Kier alpha value is -1.77. The first-order chi connectivity index (χ1) is 14.0. The van der Waals surface area contributed by atoms with Crippen molar-refractivity contribution in [2.45, 2.75) is 69.1 Å². The molecule has 2 aromatic heterocycles. The molecule has 0 aromatic carbocycles. The number of thiophene rings is 1. The molecule has 2 aliphatic rings. The maximum absolute atomic E-state index is 11.7. The number of nitrogens with two attached hydrogens (primary N) is 1. The number of fused-ring (bicyclic) bond motifs is 3. The summed E-state index contributed by atoms with van der Waals surface area (Å²) in [4.78, 5) is 25.3. The molecule has 1 saturated carbocycles. The van der Waals surface area contributed by atoms with E-state index in [-0.39, 0.29) is 12.0 Å². The largest absolute Gasteiger partial charge is 0.474 e. The number of ether oxygens (including phenoxy) is 2. The van der Waals surface area contributed by atoms with Gasteiger partial charge in [0.1, 0.15) is 23.4 Å². The SMILES string of the molecule is CO[C@@H](C[C@H]1CCc2sc3ncnc(OC4CCC(N(C)C)CC4)c3c21)C(N)=O. The van der Waals surface area contributed by atoms with Crippen LogP contribution in [-0.4, -0.2) is 60.2 Å². The number of primary amides is 1. The molecule has 2 aliphatic carbocycles. The molecule has 2 heterocycles. The number of nitrogens with zero attached hydrogens (tertiary/aromatic N) is 3. The van der Waals surface area contributed by atoms with Gasteiger partial charge < -0.3 is 20.1 Å². The van der Waals surface area contributed by atoms with Gasteiger partial charge in [0.05, 0.1) is 5.39 Å². The Morgan fingerprint density at radius 1 is 1.28 bits per heavy atom. The lowest BCUT2D eigenvalue weighted by atomic mass is 9.92. The van der Waals surface area contributed by atoms with Crippen molar-refractivity contribution >= 4 is 27.5 Å². The van der Waals surface area contributed by atoms with E-state index >= 15 is 0 Å². The van der Waals surface area contributed by atoms with Crippen LogP contribution in [0.3, 0.4) is 0 Å². The quantitative estimate of drug-likeness (QED) is 0.744. The predicted octanol–water partition coefficient (Wildman–Crippen LogP) is 2.86. The van der Waals surface area contributed by atoms with Gasteiger partial charge in [0, 0.05) is 18.0 Å².